The minimum Gasteiger partial charge on any atom is -0.396 e. The quantitative estimate of drug-likeness (QED) is 0.419. The molecular formula is C19H36N6O2. The van der Waals surface area contributed by atoms with Crippen LogP contribution in [0.3, 0.4) is 0 Å². The summed E-state index contributed by atoms with van der Waals surface area (Å²) in [4.78, 5) is 4.69. The third kappa shape index (κ3) is 7.46. The Morgan fingerprint density at radius 1 is 1.37 bits per heavy atom. The SMILES string of the molecule is Cc1nnc(CN=C(NCC(CCO)CC(C)C)NCC2CCCO2)n1C. The molecule has 0 aromatic carbocycles. The number of nitrogens with one attached hydrogen (secondary N) is 2. The number of guanidine groups is 1. The van der Waals surface area contributed by atoms with E-state index in [1.54, 1.807) is 0 Å². The van der Waals surface area contributed by atoms with E-state index in [0.29, 0.717) is 18.4 Å². The fourth-order valence-electron chi connectivity index (χ4n) is 3.32. The first-order valence-corrected chi connectivity index (χ1v) is 10.1. The molecule has 2 atom stereocenters. The molecule has 1 aliphatic heterocycles. The van der Waals surface area contributed by atoms with Gasteiger partial charge in [-0.1, -0.05) is 13.8 Å². The molecule has 0 radical (unpaired) electrons. The molecule has 2 rings (SSSR count). The number of aryl methyl sites for hydroxylation is 1. The predicted octanol–water partition coefficient (Wildman–Crippen LogP) is 1.38. The molecule has 154 valence electrons. The van der Waals surface area contributed by atoms with Gasteiger partial charge in [0, 0.05) is 33.4 Å². The Bertz CT molecular complexity index is 581. The zero-order chi connectivity index (χ0) is 19.6. The Kier molecular flexibility index (Phi) is 9.00. The van der Waals surface area contributed by atoms with E-state index in [-0.39, 0.29) is 12.7 Å². The third-order valence-electron chi connectivity index (χ3n) is 4.98. The molecule has 8 heteroatoms. The van der Waals surface area contributed by atoms with Gasteiger partial charge >= 0.3 is 0 Å². The maximum atomic E-state index is 9.34. The molecule has 27 heavy (non-hydrogen) atoms. The Morgan fingerprint density at radius 3 is 2.78 bits per heavy atom. The Morgan fingerprint density at radius 2 is 2.19 bits per heavy atom. The predicted molar refractivity (Wildman–Crippen MR) is 107 cm³/mol. The van der Waals surface area contributed by atoms with Crippen LogP contribution in [0, 0.1) is 18.8 Å². The summed E-state index contributed by atoms with van der Waals surface area (Å²) >= 11 is 0. The Balaban J connectivity index is 1.96. The largest absolute Gasteiger partial charge is 0.396 e. The molecule has 3 N–H and O–H groups in total. The van der Waals surface area contributed by atoms with Crippen LogP contribution in [0.15, 0.2) is 4.99 Å². The van der Waals surface area contributed by atoms with Crippen molar-refractivity contribution in [2.45, 2.75) is 59.1 Å². The van der Waals surface area contributed by atoms with E-state index >= 15 is 0 Å². The summed E-state index contributed by atoms with van der Waals surface area (Å²) in [5.74, 6) is 3.49. The number of aromatic nitrogens is 3. The topological polar surface area (TPSA) is 96.6 Å². The van der Waals surface area contributed by atoms with Crippen molar-refractivity contribution in [3.8, 4) is 0 Å². The summed E-state index contributed by atoms with van der Waals surface area (Å²) in [5.41, 5.74) is 0. The molecule has 0 bridgehead atoms. The van der Waals surface area contributed by atoms with Crippen molar-refractivity contribution in [2.75, 3.05) is 26.3 Å². The second kappa shape index (κ2) is 11.2. The average molecular weight is 381 g/mol. The summed E-state index contributed by atoms with van der Waals surface area (Å²) in [6.07, 6.45) is 4.33. The molecule has 1 aromatic heterocycles. The van der Waals surface area contributed by atoms with Crippen LogP contribution < -0.4 is 10.6 Å². The third-order valence-corrected chi connectivity index (χ3v) is 4.98. The van der Waals surface area contributed by atoms with E-state index in [9.17, 15) is 5.11 Å². The maximum absolute atomic E-state index is 9.34. The molecule has 1 aromatic rings. The maximum Gasteiger partial charge on any atom is 0.191 e. The molecule has 2 heterocycles. The lowest BCUT2D eigenvalue weighted by atomic mass is 9.94. The second-order valence-corrected chi connectivity index (χ2v) is 7.79. The highest BCUT2D eigenvalue weighted by Gasteiger charge is 2.17. The molecule has 1 saturated heterocycles. The second-order valence-electron chi connectivity index (χ2n) is 7.79. The van der Waals surface area contributed by atoms with Crippen molar-refractivity contribution < 1.29 is 9.84 Å². The summed E-state index contributed by atoms with van der Waals surface area (Å²) in [6, 6.07) is 0. The molecular weight excluding hydrogens is 344 g/mol. The van der Waals surface area contributed by atoms with E-state index in [1.807, 2.05) is 18.5 Å². The number of hydrogen-bond acceptors (Lipinski definition) is 5. The fourth-order valence-corrected chi connectivity index (χ4v) is 3.32. The van der Waals surface area contributed by atoms with Gasteiger partial charge in [0.2, 0.25) is 0 Å². The molecule has 0 amide bonds. The van der Waals surface area contributed by atoms with E-state index in [4.69, 9.17) is 9.73 Å². The zero-order valence-electron chi connectivity index (χ0n) is 17.2. The van der Waals surface area contributed by atoms with Crippen molar-refractivity contribution in [2.24, 2.45) is 23.9 Å². The average Bonchev–Trinajstić information content (AvgIpc) is 3.25. The van der Waals surface area contributed by atoms with Crippen LogP contribution in [0.5, 0.6) is 0 Å². The zero-order valence-corrected chi connectivity index (χ0v) is 17.2. The van der Waals surface area contributed by atoms with Crippen LogP contribution in [-0.4, -0.2) is 58.2 Å². The van der Waals surface area contributed by atoms with Gasteiger partial charge in [-0.3, -0.25) is 0 Å². The van der Waals surface area contributed by atoms with Crippen LogP contribution in [0.25, 0.3) is 0 Å². The van der Waals surface area contributed by atoms with Gasteiger partial charge in [0.15, 0.2) is 11.8 Å². The highest BCUT2D eigenvalue weighted by molar-refractivity contribution is 5.79. The minimum absolute atomic E-state index is 0.215. The van der Waals surface area contributed by atoms with E-state index in [1.165, 1.54) is 0 Å². The van der Waals surface area contributed by atoms with Gasteiger partial charge in [-0.05, 0) is 44.4 Å². The van der Waals surface area contributed by atoms with Gasteiger partial charge in [-0.15, -0.1) is 10.2 Å². The van der Waals surface area contributed by atoms with E-state index in [0.717, 1.165) is 63.0 Å². The smallest absolute Gasteiger partial charge is 0.191 e. The molecule has 0 aliphatic carbocycles. The van der Waals surface area contributed by atoms with Crippen molar-refractivity contribution in [1.29, 1.82) is 0 Å². The molecule has 1 aliphatic rings. The Labute approximate surface area is 162 Å². The number of nitrogens with zero attached hydrogens (tertiary/aromatic N) is 4. The van der Waals surface area contributed by atoms with Crippen molar-refractivity contribution in [3.63, 3.8) is 0 Å². The number of aliphatic hydroxyl groups excluding tert-OH is 1. The standard InChI is InChI=1S/C19H36N6O2/c1-14(2)10-16(7-8-26)11-20-19(21-12-17-6-5-9-27-17)22-13-18-24-23-15(3)25(18)4/h14,16-17,26H,5-13H2,1-4H3,(H2,20,21,22). The number of ether oxygens (including phenoxy) is 1. The van der Waals surface area contributed by atoms with Gasteiger partial charge in [-0.2, -0.15) is 0 Å². The lowest BCUT2D eigenvalue weighted by Crippen LogP contribution is -2.43. The van der Waals surface area contributed by atoms with Crippen LogP contribution in [0.2, 0.25) is 0 Å². The number of hydrogen-bond donors (Lipinski definition) is 3. The van der Waals surface area contributed by atoms with Crippen LogP contribution in [0.4, 0.5) is 0 Å². The van der Waals surface area contributed by atoms with Gasteiger partial charge in [0.05, 0.1) is 6.10 Å². The minimum atomic E-state index is 0.215. The molecule has 8 nitrogen and oxygen atoms in total. The van der Waals surface area contributed by atoms with Gasteiger partial charge in [-0.25, -0.2) is 4.99 Å². The van der Waals surface area contributed by atoms with Crippen molar-refractivity contribution >= 4 is 5.96 Å². The monoisotopic (exact) mass is 380 g/mol. The first kappa shape index (κ1) is 21.6. The first-order chi connectivity index (χ1) is 13.0. The summed E-state index contributed by atoms with van der Waals surface area (Å²) in [5, 5.41) is 24.5. The van der Waals surface area contributed by atoms with Gasteiger partial charge in [0.25, 0.3) is 0 Å². The van der Waals surface area contributed by atoms with Crippen molar-refractivity contribution in [3.05, 3.63) is 11.6 Å². The normalized spacial score (nSPS) is 18.9. The van der Waals surface area contributed by atoms with E-state index in [2.05, 4.69) is 34.7 Å². The molecule has 1 fully saturated rings. The highest BCUT2D eigenvalue weighted by Crippen LogP contribution is 2.14. The summed E-state index contributed by atoms with van der Waals surface area (Å²) in [7, 11) is 1.95. The van der Waals surface area contributed by atoms with Crippen molar-refractivity contribution in [1.82, 2.24) is 25.4 Å². The molecule has 0 spiro atoms. The van der Waals surface area contributed by atoms with Gasteiger partial charge < -0.3 is 25.0 Å². The number of aliphatic imine (C=N–C) groups is 1. The van der Waals surface area contributed by atoms with E-state index < -0.39 is 0 Å². The number of aliphatic hydroxyl groups is 1. The lowest BCUT2D eigenvalue weighted by molar-refractivity contribution is 0.113. The Hall–Kier alpha value is -1.67. The molecule has 0 saturated carbocycles. The lowest BCUT2D eigenvalue weighted by Gasteiger charge is -2.21. The van der Waals surface area contributed by atoms with Crippen LogP contribution in [-0.2, 0) is 18.3 Å². The number of rotatable bonds is 10. The van der Waals surface area contributed by atoms with Gasteiger partial charge in [0.1, 0.15) is 12.4 Å². The summed E-state index contributed by atoms with van der Waals surface area (Å²) in [6.45, 7) is 9.42. The first-order valence-electron chi connectivity index (χ1n) is 10.1. The molecule has 2 unspecified atom stereocenters. The fraction of sp³-hybridized carbons (Fsp3) is 0.842. The van der Waals surface area contributed by atoms with Crippen LogP contribution >= 0.6 is 0 Å². The highest BCUT2D eigenvalue weighted by atomic mass is 16.5. The van der Waals surface area contributed by atoms with Crippen LogP contribution in [0.1, 0.15) is 51.2 Å². The summed E-state index contributed by atoms with van der Waals surface area (Å²) < 4.78 is 7.65.